The number of aromatic amines is 1. The Bertz CT molecular complexity index is 1020. The van der Waals surface area contributed by atoms with Crippen molar-refractivity contribution in [1.29, 1.82) is 0 Å². The number of benzene rings is 2. The van der Waals surface area contributed by atoms with Crippen LogP contribution < -0.4 is 0 Å². The van der Waals surface area contributed by atoms with Gasteiger partial charge in [-0.25, -0.2) is 0 Å². The summed E-state index contributed by atoms with van der Waals surface area (Å²) in [4.78, 5) is 3.81. The maximum atomic E-state index is 3.81. The molecule has 0 aliphatic rings. The molecule has 0 amide bonds. The first kappa shape index (κ1) is 21.9. The third kappa shape index (κ3) is 4.55. The van der Waals surface area contributed by atoms with Crippen LogP contribution in [-0.4, -0.2) is 4.98 Å². The number of aromatic nitrogens is 1. The largest absolute Gasteiger partial charge is 0.354 e. The predicted octanol–water partition coefficient (Wildman–Crippen LogP) is 8.75. The molecule has 1 heteroatoms. The Hall–Kier alpha value is -1.76. The fraction of sp³-hybridized carbons (Fsp3) is 0.571. The molecule has 3 aromatic rings. The number of para-hydroxylation sites is 1. The van der Waals surface area contributed by atoms with Gasteiger partial charge in [-0.1, -0.05) is 99.6 Å². The highest BCUT2D eigenvalue weighted by molar-refractivity contribution is 6.08. The lowest BCUT2D eigenvalue weighted by atomic mass is 9.64. The number of fused-ring (bicyclic) bond motifs is 3. The second-order valence-corrected chi connectivity index (χ2v) is 12.8. The van der Waals surface area contributed by atoms with Gasteiger partial charge in [-0.2, -0.15) is 0 Å². The van der Waals surface area contributed by atoms with Crippen LogP contribution in [0, 0.1) is 10.8 Å². The van der Waals surface area contributed by atoms with Crippen LogP contribution >= 0.6 is 0 Å². The van der Waals surface area contributed by atoms with Crippen molar-refractivity contribution in [1.82, 2.24) is 4.98 Å². The summed E-state index contributed by atoms with van der Waals surface area (Å²) in [6.07, 6.45) is 2.30. The lowest BCUT2D eigenvalue weighted by molar-refractivity contribution is 0.265. The molecule has 1 heterocycles. The molecular weight excluding hydrogens is 350 g/mol. The molecule has 0 spiro atoms. The maximum absolute atomic E-state index is 3.81. The maximum Gasteiger partial charge on any atom is 0.0505 e. The molecule has 3 rings (SSSR count). The monoisotopic (exact) mass is 391 g/mol. The first-order valence-corrected chi connectivity index (χ1v) is 11.2. The van der Waals surface area contributed by atoms with Gasteiger partial charge in [0, 0.05) is 16.3 Å². The number of hydrogen-bond acceptors (Lipinski definition) is 0. The zero-order valence-electron chi connectivity index (χ0n) is 20.4. The first-order valence-electron chi connectivity index (χ1n) is 11.2. The van der Waals surface area contributed by atoms with Crippen molar-refractivity contribution in [2.24, 2.45) is 10.8 Å². The van der Waals surface area contributed by atoms with Gasteiger partial charge in [0.15, 0.2) is 0 Å². The van der Waals surface area contributed by atoms with Crippen molar-refractivity contribution in [2.75, 3.05) is 0 Å². The van der Waals surface area contributed by atoms with E-state index in [1.54, 1.807) is 0 Å². The van der Waals surface area contributed by atoms with Crippen molar-refractivity contribution >= 4 is 21.8 Å². The van der Waals surface area contributed by atoms with Gasteiger partial charge in [-0.3, -0.25) is 0 Å². The van der Waals surface area contributed by atoms with Crippen LogP contribution in [0.1, 0.15) is 93.2 Å². The first-order chi connectivity index (χ1) is 13.1. The van der Waals surface area contributed by atoms with Gasteiger partial charge in [-0.05, 0) is 51.7 Å². The number of rotatable bonds is 4. The Morgan fingerprint density at radius 3 is 1.76 bits per heavy atom. The fourth-order valence-electron chi connectivity index (χ4n) is 6.02. The van der Waals surface area contributed by atoms with E-state index < -0.39 is 0 Å². The van der Waals surface area contributed by atoms with Crippen molar-refractivity contribution in [3.63, 3.8) is 0 Å². The number of H-pyrrole nitrogens is 1. The smallest absolute Gasteiger partial charge is 0.0505 e. The molecule has 1 N–H and O–H groups in total. The summed E-state index contributed by atoms with van der Waals surface area (Å²) < 4.78 is 0. The van der Waals surface area contributed by atoms with E-state index in [0.29, 0.717) is 0 Å². The second kappa shape index (κ2) is 6.89. The molecule has 0 radical (unpaired) electrons. The summed E-state index contributed by atoms with van der Waals surface area (Å²) in [5, 5.41) is 2.68. The summed E-state index contributed by atoms with van der Waals surface area (Å²) in [5.74, 6) is 0. The number of nitrogens with one attached hydrogen (secondary N) is 1. The Morgan fingerprint density at radius 1 is 0.621 bits per heavy atom. The third-order valence-corrected chi connectivity index (χ3v) is 6.03. The molecule has 0 aliphatic carbocycles. The molecule has 0 saturated carbocycles. The zero-order valence-corrected chi connectivity index (χ0v) is 20.4. The Balaban J connectivity index is 2.35. The molecule has 0 aliphatic heterocycles. The Labute approximate surface area is 178 Å². The average molecular weight is 392 g/mol. The molecule has 2 aromatic carbocycles. The van der Waals surface area contributed by atoms with Gasteiger partial charge in [0.1, 0.15) is 0 Å². The fourth-order valence-corrected chi connectivity index (χ4v) is 6.02. The van der Waals surface area contributed by atoms with Crippen LogP contribution in [0.2, 0.25) is 0 Å². The lowest BCUT2D eigenvalue weighted by Gasteiger charge is -2.40. The molecule has 0 bridgehead atoms. The summed E-state index contributed by atoms with van der Waals surface area (Å²) in [6.45, 7) is 23.9. The molecule has 0 saturated heterocycles. The van der Waals surface area contributed by atoms with Crippen LogP contribution in [0.5, 0.6) is 0 Å². The topological polar surface area (TPSA) is 15.8 Å². The van der Waals surface area contributed by atoms with Gasteiger partial charge in [0.25, 0.3) is 0 Å². The lowest BCUT2D eigenvalue weighted by Crippen LogP contribution is -2.32. The average Bonchev–Trinajstić information content (AvgIpc) is 2.87. The van der Waals surface area contributed by atoms with Crippen molar-refractivity contribution in [3.8, 4) is 0 Å². The minimum Gasteiger partial charge on any atom is -0.354 e. The standard InChI is InChI=1S/C28H41N/c1-25(2,3)17-27(7,8)21-16-15-20-19-13-11-12-14-22(19)29-24(20)23(21)28(9,10)18-26(4,5)6/h11-16,29H,17-18H2,1-10H3. The van der Waals surface area contributed by atoms with Crippen LogP contribution in [0.3, 0.4) is 0 Å². The minimum atomic E-state index is 0.0725. The molecule has 1 nitrogen and oxygen atoms in total. The molecular formula is C28H41N. The van der Waals surface area contributed by atoms with Crippen LogP contribution in [0.25, 0.3) is 21.8 Å². The highest BCUT2D eigenvalue weighted by Gasteiger charge is 2.37. The Morgan fingerprint density at radius 2 is 1.17 bits per heavy atom. The van der Waals surface area contributed by atoms with Gasteiger partial charge in [0.05, 0.1) is 5.52 Å². The highest BCUT2D eigenvalue weighted by Crippen LogP contribution is 2.47. The van der Waals surface area contributed by atoms with Crippen LogP contribution in [0.4, 0.5) is 0 Å². The van der Waals surface area contributed by atoms with Gasteiger partial charge in [-0.15, -0.1) is 0 Å². The summed E-state index contributed by atoms with van der Waals surface area (Å²) in [7, 11) is 0. The summed E-state index contributed by atoms with van der Waals surface area (Å²) >= 11 is 0. The van der Waals surface area contributed by atoms with E-state index in [2.05, 4.69) is 111 Å². The predicted molar refractivity (Wildman–Crippen MR) is 130 cm³/mol. The van der Waals surface area contributed by atoms with Gasteiger partial charge < -0.3 is 4.98 Å². The summed E-state index contributed by atoms with van der Waals surface area (Å²) in [5.41, 5.74) is 6.31. The van der Waals surface area contributed by atoms with E-state index in [1.807, 2.05) is 0 Å². The van der Waals surface area contributed by atoms with E-state index in [9.17, 15) is 0 Å². The van der Waals surface area contributed by atoms with Gasteiger partial charge in [0.2, 0.25) is 0 Å². The van der Waals surface area contributed by atoms with E-state index in [-0.39, 0.29) is 21.7 Å². The normalized spacial score (nSPS) is 14.1. The highest BCUT2D eigenvalue weighted by atomic mass is 14.7. The van der Waals surface area contributed by atoms with Crippen LogP contribution in [-0.2, 0) is 10.8 Å². The van der Waals surface area contributed by atoms with Crippen molar-refractivity contribution in [3.05, 3.63) is 47.5 Å². The van der Waals surface area contributed by atoms with E-state index in [0.717, 1.165) is 12.8 Å². The molecule has 0 unspecified atom stereocenters. The third-order valence-electron chi connectivity index (χ3n) is 6.03. The molecule has 29 heavy (non-hydrogen) atoms. The zero-order chi connectivity index (χ0) is 21.8. The molecule has 0 atom stereocenters. The van der Waals surface area contributed by atoms with Crippen molar-refractivity contribution in [2.45, 2.75) is 92.9 Å². The number of hydrogen-bond donors (Lipinski definition) is 1. The molecule has 1 aromatic heterocycles. The SMILES string of the molecule is CC(C)(C)CC(C)(C)c1ccc2c([nH]c3ccccc32)c1C(C)(C)CC(C)(C)C. The minimum absolute atomic E-state index is 0.0725. The van der Waals surface area contributed by atoms with Crippen LogP contribution in [0.15, 0.2) is 36.4 Å². The second-order valence-electron chi connectivity index (χ2n) is 12.8. The quantitative estimate of drug-likeness (QED) is 0.457. The molecule has 158 valence electrons. The Kier molecular flexibility index (Phi) is 5.22. The van der Waals surface area contributed by atoms with E-state index in [1.165, 1.54) is 32.9 Å². The van der Waals surface area contributed by atoms with Crippen molar-refractivity contribution < 1.29 is 0 Å². The molecule has 0 fully saturated rings. The van der Waals surface area contributed by atoms with E-state index in [4.69, 9.17) is 0 Å². The van der Waals surface area contributed by atoms with E-state index >= 15 is 0 Å². The van der Waals surface area contributed by atoms with Gasteiger partial charge >= 0.3 is 0 Å². The summed E-state index contributed by atoms with van der Waals surface area (Å²) in [6, 6.07) is 13.5.